The van der Waals surface area contributed by atoms with Crippen LogP contribution < -0.4 is 0 Å². The third-order valence-corrected chi connectivity index (χ3v) is 4.21. The van der Waals surface area contributed by atoms with E-state index in [1.807, 2.05) is 38.1 Å². The Morgan fingerprint density at radius 1 is 1.14 bits per heavy atom. The van der Waals surface area contributed by atoms with E-state index in [9.17, 15) is 19.7 Å². The van der Waals surface area contributed by atoms with E-state index in [-0.39, 0.29) is 23.8 Å². The molecule has 7 nitrogen and oxygen atoms in total. The van der Waals surface area contributed by atoms with Crippen molar-refractivity contribution in [1.29, 1.82) is 0 Å². The third kappa shape index (κ3) is 6.88. The molecule has 152 valence electrons. The summed E-state index contributed by atoms with van der Waals surface area (Å²) in [6.07, 6.45) is 3.17. The first-order chi connectivity index (χ1) is 13.9. The molecule has 0 aliphatic heterocycles. The van der Waals surface area contributed by atoms with Gasteiger partial charge in [-0.15, -0.1) is 0 Å². The van der Waals surface area contributed by atoms with Crippen LogP contribution in [0.1, 0.15) is 30.0 Å². The minimum absolute atomic E-state index is 0.111. The second-order valence-electron chi connectivity index (χ2n) is 6.56. The standard InChI is InChI=1S/C22H24N2O5/c1-3-14-23(15-18-10-8-17(2)9-11-18)21(25)16-29-22(26)13-12-19-6-4-5-7-20(19)24(27)28/h4-13H,3,14-16H2,1-2H3/b13-12+. The molecule has 0 aliphatic carbocycles. The normalized spacial score (nSPS) is 10.7. The van der Waals surface area contributed by atoms with E-state index in [4.69, 9.17) is 4.74 Å². The van der Waals surface area contributed by atoms with Gasteiger partial charge < -0.3 is 9.64 Å². The number of para-hydroxylation sites is 1. The fourth-order valence-electron chi connectivity index (χ4n) is 2.70. The average molecular weight is 396 g/mol. The van der Waals surface area contributed by atoms with Crippen LogP contribution in [0.5, 0.6) is 0 Å². The van der Waals surface area contributed by atoms with E-state index < -0.39 is 10.9 Å². The van der Waals surface area contributed by atoms with E-state index in [2.05, 4.69) is 0 Å². The number of rotatable bonds is 9. The molecule has 0 N–H and O–H groups in total. The summed E-state index contributed by atoms with van der Waals surface area (Å²) in [7, 11) is 0. The quantitative estimate of drug-likeness (QED) is 0.278. The number of nitrogens with zero attached hydrogens (tertiary/aromatic N) is 2. The summed E-state index contributed by atoms with van der Waals surface area (Å²) >= 11 is 0. The number of nitro groups is 1. The molecule has 0 fully saturated rings. The average Bonchev–Trinajstić information content (AvgIpc) is 2.71. The van der Waals surface area contributed by atoms with Crippen LogP contribution in [0.2, 0.25) is 0 Å². The van der Waals surface area contributed by atoms with Gasteiger partial charge in [-0.1, -0.05) is 48.9 Å². The minimum atomic E-state index is -0.733. The Morgan fingerprint density at radius 2 is 1.83 bits per heavy atom. The second-order valence-corrected chi connectivity index (χ2v) is 6.56. The highest BCUT2D eigenvalue weighted by Crippen LogP contribution is 2.18. The number of benzene rings is 2. The highest BCUT2D eigenvalue weighted by molar-refractivity contribution is 5.90. The first kappa shape index (κ1) is 21.8. The lowest BCUT2D eigenvalue weighted by Crippen LogP contribution is -2.34. The predicted octanol–water partition coefficient (Wildman–Crippen LogP) is 3.90. The highest BCUT2D eigenvalue weighted by Gasteiger charge is 2.15. The van der Waals surface area contributed by atoms with Crippen LogP contribution in [-0.2, 0) is 20.9 Å². The lowest BCUT2D eigenvalue weighted by Gasteiger charge is -2.22. The zero-order chi connectivity index (χ0) is 21.2. The molecular formula is C22H24N2O5. The van der Waals surface area contributed by atoms with E-state index in [0.717, 1.165) is 23.6 Å². The van der Waals surface area contributed by atoms with Gasteiger partial charge in [0, 0.05) is 25.2 Å². The number of amides is 1. The van der Waals surface area contributed by atoms with Gasteiger partial charge in [0.2, 0.25) is 0 Å². The monoisotopic (exact) mass is 396 g/mol. The Hall–Kier alpha value is -3.48. The number of aryl methyl sites for hydroxylation is 1. The van der Waals surface area contributed by atoms with Gasteiger partial charge in [-0.3, -0.25) is 14.9 Å². The maximum absolute atomic E-state index is 12.5. The van der Waals surface area contributed by atoms with Crippen molar-refractivity contribution in [2.45, 2.75) is 26.8 Å². The number of hydrogen-bond donors (Lipinski definition) is 0. The first-order valence-corrected chi connectivity index (χ1v) is 9.32. The molecule has 0 heterocycles. The summed E-state index contributed by atoms with van der Waals surface area (Å²) in [4.78, 5) is 36.5. The molecule has 0 bridgehead atoms. The first-order valence-electron chi connectivity index (χ1n) is 9.32. The predicted molar refractivity (Wildman–Crippen MR) is 110 cm³/mol. The molecule has 29 heavy (non-hydrogen) atoms. The molecule has 1 amide bonds. The van der Waals surface area contributed by atoms with Crippen LogP contribution in [0.4, 0.5) is 5.69 Å². The van der Waals surface area contributed by atoms with Crippen LogP contribution >= 0.6 is 0 Å². The van der Waals surface area contributed by atoms with Gasteiger partial charge in [0.05, 0.1) is 10.5 Å². The number of carbonyl (C=O) groups is 2. The zero-order valence-corrected chi connectivity index (χ0v) is 16.5. The van der Waals surface area contributed by atoms with Crippen LogP contribution in [-0.4, -0.2) is 34.9 Å². The summed E-state index contributed by atoms with van der Waals surface area (Å²) in [5.41, 5.74) is 2.31. The van der Waals surface area contributed by atoms with Crippen molar-refractivity contribution in [3.63, 3.8) is 0 Å². The lowest BCUT2D eigenvalue weighted by atomic mass is 10.1. The van der Waals surface area contributed by atoms with Crippen LogP contribution in [0.15, 0.2) is 54.6 Å². The Morgan fingerprint density at radius 3 is 2.48 bits per heavy atom. The Kier molecular flexibility index (Phi) is 8.09. The summed E-state index contributed by atoms with van der Waals surface area (Å²) in [6, 6.07) is 14.0. The third-order valence-electron chi connectivity index (χ3n) is 4.21. The molecule has 0 spiro atoms. The van der Waals surface area contributed by atoms with E-state index in [1.54, 1.807) is 17.0 Å². The maximum Gasteiger partial charge on any atom is 0.331 e. The van der Waals surface area contributed by atoms with E-state index >= 15 is 0 Å². The van der Waals surface area contributed by atoms with Gasteiger partial charge in [-0.25, -0.2) is 4.79 Å². The molecule has 0 saturated heterocycles. The smallest absolute Gasteiger partial charge is 0.331 e. The van der Waals surface area contributed by atoms with Crippen molar-refractivity contribution in [2.75, 3.05) is 13.2 Å². The largest absolute Gasteiger partial charge is 0.452 e. The number of esters is 1. The second kappa shape index (κ2) is 10.8. The number of carbonyl (C=O) groups excluding carboxylic acids is 2. The Bertz CT molecular complexity index is 890. The van der Waals surface area contributed by atoms with Crippen molar-refractivity contribution in [2.24, 2.45) is 0 Å². The summed E-state index contributed by atoms with van der Waals surface area (Å²) in [5, 5.41) is 11.0. The van der Waals surface area contributed by atoms with Crippen molar-refractivity contribution in [3.05, 3.63) is 81.4 Å². The van der Waals surface area contributed by atoms with Gasteiger partial charge in [0.1, 0.15) is 0 Å². The topological polar surface area (TPSA) is 89.8 Å². The molecule has 0 aromatic heterocycles. The fraction of sp³-hybridized carbons (Fsp3) is 0.273. The number of ether oxygens (including phenoxy) is 1. The van der Waals surface area contributed by atoms with Crippen molar-refractivity contribution in [3.8, 4) is 0 Å². The van der Waals surface area contributed by atoms with E-state index in [1.165, 1.54) is 18.2 Å². The molecule has 2 aromatic rings. The SMILES string of the molecule is CCCN(Cc1ccc(C)cc1)C(=O)COC(=O)/C=C/c1ccccc1[N+](=O)[O-]. The summed E-state index contributed by atoms with van der Waals surface area (Å²) in [6.45, 7) is 4.57. The summed E-state index contributed by atoms with van der Waals surface area (Å²) < 4.78 is 5.02. The molecule has 2 rings (SSSR count). The molecular weight excluding hydrogens is 372 g/mol. The van der Waals surface area contributed by atoms with Crippen molar-refractivity contribution >= 4 is 23.6 Å². The van der Waals surface area contributed by atoms with Crippen LogP contribution in [0.3, 0.4) is 0 Å². The van der Waals surface area contributed by atoms with Gasteiger partial charge in [0.15, 0.2) is 6.61 Å². The Labute approximate surface area is 169 Å². The van der Waals surface area contributed by atoms with Gasteiger partial charge in [-0.05, 0) is 31.1 Å². The molecule has 0 atom stereocenters. The molecule has 0 saturated carbocycles. The van der Waals surface area contributed by atoms with Crippen molar-refractivity contribution < 1.29 is 19.2 Å². The molecule has 0 aliphatic rings. The van der Waals surface area contributed by atoms with Gasteiger partial charge in [-0.2, -0.15) is 0 Å². The maximum atomic E-state index is 12.5. The number of nitro benzene ring substituents is 1. The lowest BCUT2D eigenvalue weighted by molar-refractivity contribution is -0.385. The highest BCUT2D eigenvalue weighted by atomic mass is 16.6. The molecule has 0 unspecified atom stereocenters. The van der Waals surface area contributed by atoms with Crippen LogP contribution in [0.25, 0.3) is 6.08 Å². The van der Waals surface area contributed by atoms with Crippen molar-refractivity contribution in [1.82, 2.24) is 4.90 Å². The zero-order valence-electron chi connectivity index (χ0n) is 16.5. The van der Waals surface area contributed by atoms with Gasteiger partial charge >= 0.3 is 5.97 Å². The fourth-order valence-corrected chi connectivity index (χ4v) is 2.70. The van der Waals surface area contributed by atoms with Crippen LogP contribution in [0, 0.1) is 17.0 Å². The van der Waals surface area contributed by atoms with Gasteiger partial charge in [0.25, 0.3) is 11.6 Å². The molecule has 0 radical (unpaired) electrons. The molecule has 2 aromatic carbocycles. The Balaban J connectivity index is 1.94. The molecule has 7 heteroatoms. The van der Waals surface area contributed by atoms with E-state index in [0.29, 0.717) is 13.1 Å². The number of hydrogen-bond acceptors (Lipinski definition) is 5. The minimum Gasteiger partial charge on any atom is -0.452 e. The summed E-state index contributed by atoms with van der Waals surface area (Å²) in [5.74, 6) is -1.02.